The molecular formula is C20H22O5. The largest absolute Gasteiger partial charge is 0.489 e. The van der Waals surface area contributed by atoms with Gasteiger partial charge in [-0.15, -0.1) is 0 Å². The zero-order valence-corrected chi connectivity index (χ0v) is 14.7. The van der Waals surface area contributed by atoms with Crippen molar-refractivity contribution in [2.75, 3.05) is 14.2 Å². The number of hydrogen-bond acceptors (Lipinski definition) is 5. The Morgan fingerprint density at radius 2 is 1.40 bits per heavy atom. The zero-order chi connectivity index (χ0) is 18.3. The monoisotopic (exact) mass is 342 g/mol. The highest BCUT2D eigenvalue weighted by Gasteiger charge is 2.43. The van der Waals surface area contributed by atoms with Crippen LogP contribution in [0.1, 0.15) is 18.1 Å². The summed E-state index contributed by atoms with van der Waals surface area (Å²) in [6, 6.07) is 17.1. The lowest BCUT2D eigenvalue weighted by Gasteiger charge is -2.23. The van der Waals surface area contributed by atoms with Gasteiger partial charge in [0.2, 0.25) is 0 Å². The van der Waals surface area contributed by atoms with E-state index >= 15 is 0 Å². The zero-order valence-electron chi connectivity index (χ0n) is 14.7. The highest BCUT2D eigenvalue weighted by Crippen LogP contribution is 2.27. The molecule has 0 unspecified atom stereocenters. The van der Waals surface area contributed by atoms with Crippen LogP contribution in [0.25, 0.3) is 0 Å². The van der Waals surface area contributed by atoms with E-state index in [1.807, 2.05) is 54.6 Å². The molecule has 2 rings (SSSR count). The van der Waals surface area contributed by atoms with Gasteiger partial charge in [-0.2, -0.15) is 0 Å². The molecule has 0 aliphatic carbocycles. The van der Waals surface area contributed by atoms with Crippen molar-refractivity contribution >= 4 is 11.9 Å². The lowest BCUT2D eigenvalue weighted by atomic mass is 9.83. The number of benzene rings is 2. The molecule has 0 bridgehead atoms. The summed E-state index contributed by atoms with van der Waals surface area (Å²) in [6.07, 6.45) is 0.186. The molecule has 0 heterocycles. The number of esters is 2. The van der Waals surface area contributed by atoms with Gasteiger partial charge in [-0.05, 0) is 36.6 Å². The van der Waals surface area contributed by atoms with E-state index in [9.17, 15) is 9.59 Å². The second kappa shape index (κ2) is 8.33. The van der Waals surface area contributed by atoms with Crippen LogP contribution in [-0.4, -0.2) is 26.2 Å². The van der Waals surface area contributed by atoms with Crippen LogP contribution >= 0.6 is 0 Å². The van der Waals surface area contributed by atoms with Crippen LogP contribution in [0, 0.1) is 5.41 Å². The molecule has 0 aromatic heterocycles. The van der Waals surface area contributed by atoms with Gasteiger partial charge in [-0.1, -0.05) is 42.5 Å². The van der Waals surface area contributed by atoms with E-state index in [2.05, 4.69) is 0 Å². The van der Waals surface area contributed by atoms with E-state index in [4.69, 9.17) is 14.2 Å². The molecule has 0 spiro atoms. The Balaban J connectivity index is 2.05. The first-order valence-electron chi connectivity index (χ1n) is 7.92. The normalized spacial score (nSPS) is 10.8. The fourth-order valence-electron chi connectivity index (χ4n) is 2.53. The van der Waals surface area contributed by atoms with Crippen molar-refractivity contribution in [2.24, 2.45) is 5.41 Å². The summed E-state index contributed by atoms with van der Waals surface area (Å²) in [4.78, 5) is 24.0. The van der Waals surface area contributed by atoms with E-state index in [0.29, 0.717) is 12.4 Å². The van der Waals surface area contributed by atoms with E-state index in [1.54, 1.807) is 0 Å². The van der Waals surface area contributed by atoms with Crippen LogP contribution in [0.5, 0.6) is 5.75 Å². The van der Waals surface area contributed by atoms with Gasteiger partial charge in [0, 0.05) is 0 Å². The number of hydrogen-bond donors (Lipinski definition) is 0. The smallest absolute Gasteiger partial charge is 0.323 e. The standard InChI is InChI=1S/C20H22O5/c1-20(18(21)23-2,19(22)24-3)13-15-9-11-17(12-10-15)25-14-16-7-5-4-6-8-16/h4-12H,13-14H2,1-3H3. The van der Waals surface area contributed by atoms with Crippen molar-refractivity contribution in [1.82, 2.24) is 0 Å². The van der Waals surface area contributed by atoms with E-state index in [1.165, 1.54) is 21.1 Å². The molecule has 0 saturated heterocycles. The Morgan fingerprint density at radius 1 is 0.840 bits per heavy atom. The Morgan fingerprint density at radius 3 is 1.92 bits per heavy atom. The predicted molar refractivity (Wildman–Crippen MR) is 93.1 cm³/mol. The van der Waals surface area contributed by atoms with Crippen molar-refractivity contribution < 1.29 is 23.8 Å². The first kappa shape index (κ1) is 18.5. The molecule has 132 valence electrons. The van der Waals surface area contributed by atoms with Crippen molar-refractivity contribution in [3.05, 3.63) is 65.7 Å². The Hall–Kier alpha value is -2.82. The molecule has 0 amide bonds. The van der Waals surface area contributed by atoms with Crippen LogP contribution < -0.4 is 4.74 Å². The molecule has 0 fully saturated rings. The number of methoxy groups -OCH3 is 2. The number of ether oxygens (including phenoxy) is 3. The van der Waals surface area contributed by atoms with Gasteiger partial charge in [-0.25, -0.2) is 0 Å². The van der Waals surface area contributed by atoms with Gasteiger partial charge < -0.3 is 14.2 Å². The fraction of sp³-hybridized carbons (Fsp3) is 0.300. The van der Waals surface area contributed by atoms with Crippen LogP contribution in [0.15, 0.2) is 54.6 Å². The van der Waals surface area contributed by atoms with Gasteiger partial charge in [0.15, 0.2) is 5.41 Å². The minimum absolute atomic E-state index is 0.186. The predicted octanol–water partition coefficient (Wildman–Crippen LogP) is 3.16. The lowest BCUT2D eigenvalue weighted by molar-refractivity contribution is -0.167. The summed E-state index contributed by atoms with van der Waals surface area (Å²) < 4.78 is 15.2. The van der Waals surface area contributed by atoms with Gasteiger partial charge in [0.1, 0.15) is 12.4 Å². The van der Waals surface area contributed by atoms with Crippen LogP contribution in [0.2, 0.25) is 0 Å². The van der Waals surface area contributed by atoms with E-state index in [0.717, 1.165) is 11.1 Å². The number of carbonyl (C=O) groups excluding carboxylic acids is 2. The van der Waals surface area contributed by atoms with Gasteiger partial charge in [0.05, 0.1) is 14.2 Å². The van der Waals surface area contributed by atoms with Crippen molar-refractivity contribution in [2.45, 2.75) is 20.0 Å². The summed E-state index contributed by atoms with van der Waals surface area (Å²) in [5.41, 5.74) is 0.511. The Labute approximate surface area is 147 Å². The third-order valence-corrected chi connectivity index (χ3v) is 4.00. The summed E-state index contributed by atoms with van der Waals surface area (Å²) in [5, 5.41) is 0. The maximum Gasteiger partial charge on any atom is 0.323 e. The maximum atomic E-state index is 12.0. The van der Waals surface area contributed by atoms with Crippen LogP contribution in [0.4, 0.5) is 0 Å². The third kappa shape index (κ3) is 4.59. The highest BCUT2D eigenvalue weighted by atomic mass is 16.5. The molecule has 0 atom stereocenters. The first-order valence-corrected chi connectivity index (χ1v) is 7.92. The molecule has 0 saturated carbocycles. The molecule has 0 N–H and O–H groups in total. The summed E-state index contributed by atoms with van der Waals surface area (Å²) in [7, 11) is 2.51. The molecule has 0 aliphatic heterocycles. The van der Waals surface area contributed by atoms with Crippen molar-refractivity contribution in [1.29, 1.82) is 0 Å². The summed E-state index contributed by atoms with van der Waals surface area (Å²) in [5.74, 6) is -0.530. The van der Waals surface area contributed by atoms with Crippen LogP contribution in [0.3, 0.4) is 0 Å². The first-order chi connectivity index (χ1) is 12.0. The summed E-state index contributed by atoms with van der Waals surface area (Å²) >= 11 is 0. The number of rotatable bonds is 7. The Kier molecular flexibility index (Phi) is 6.17. The molecule has 2 aromatic rings. The molecule has 5 heteroatoms. The SMILES string of the molecule is COC(=O)C(C)(Cc1ccc(OCc2ccccc2)cc1)C(=O)OC. The molecular weight excluding hydrogens is 320 g/mol. The minimum atomic E-state index is -1.38. The fourth-order valence-corrected chi connectivity index (χ4v) is 2.53. The second-order valence-corrected chi connectivity index (χ2v) is 5.91. The maximum absolute atomic E-state index is 12.0. The van der Waals surface area contributed by atoms with Crippen LogP contribution in [-0.2, 0) is 32.1 Å². The quantitative estimate of drug-likeness (QED) is 0.571. The lowest BCUT2D eigenvalue weighted by Crippen LogP contribution is -2.40. The third-order valence-electron chi connectivity index (χ3n) is 4.00. The number of carbonyl (C=O) groups is 2. The highest BCUT2D eigenvalue weighted by molar-refractivity contribution is 5.99. The van der Waals surface area contributed by atoms with Crippen molar-refractivity contribution in [3.63, 3.8) is 0 Å². The van der Waals surface area contributed by atoms with E-state index in [-0.39, 0.29) is 6.42 Å². The Bertz CT molecular complexity index is 691. The molecule has 0 radical (unpaired) electrons. The van der Waals surface area contributed by atoms with Gasteiger partial charge >= 0.3 is 11.9 Å². The second-order valence-electron chi connectivity index (χ2n) is 5.91. The molecule has 25 heavy (non-hydrogen) atoms. The van der Waals surface area contributed by atoms with E-state index < -0.39 is 17.4 Å². The minimum Gasteiger partial charge on any atom is -0.489 e. The molecule has 0 aliphatic rings. The topological polar surface area (TPSA) is 61.8 Å². The molecule has 2 aromatic carbocycles. The average Bonchev–Trinajstić information content (AvgIpc) is 2.66. The van der Waals surface area contributed by atoms with Gasteiger partial charge in [-0.3, -0.25) is 9.59 Å². The van der Waals surface area contributed by atoms with Gasteiger partial charge in [0.25, 0.3) is 0 Å². The summed E-state index contributed by atoms with van der Waals surface area (Å²) in [6.45, 7) is 1.99. The average molecular weight is 342 g/mol. The van der Waals surface area contributed by atoms with Crippen molar-refractivity contribution in [3.8, 4) is 5.75 Å². The molecule has 5 nitrogen and oxygen atoms in total.